The number of anilines is 1. The molecule has 2 aromatic carbocycles. The van der Waals surface area contributed by atoms with Crippen molar-refractivity contribution in [1.29, 1.82) is 5.26 Å². The van der Waals surface area contributed by atoms with Crippen molar-refractivity contribution in [3.05, 3.63) is 88.1 Å². The summed E-state index contributed by atoms with van der Waals surface area (Å²) in [7, 11) is 0. The zero-order valence-electron chi connectivity index (χ0n) is 16.8. The van der Waals surface area contributed by atoms with Crippen molar-refractivity contribution in [2.75, 3.05) is 4.90 Å². The van der Waals surface area contributed by atoms with Crippen molar-refractivity contribution in [2.24, 2.45) is 0 Å². The molecule has 0 fully saturated rings. The molecule has 3 aromatic rings. The Bertz CT molecular complexity index is 1210. The summed E-state index contributed by atoms with van der Waals surface area (Å²) in [5, 5.41) is 21.8. The predicted octanol–water partition coefficient (Wildman–Crippen LogP) is 5.59. The number of hydrogen-bond acceptors (Lipinski definition) is 5. The first-order chi connectivity index (χ1) is 15.3. The normalized spacial score (nSPS) is 17.5. The monoisotopic (exact) mass is 429 g/mol. The second-order valence-corrected chi connectivity index (χ2v) is 8.35. The quantitative estimate of drug-likeness (QED) is 0.508. The lowest BCUT2D eigenvalue weighted by Crippen LogP contribution is -2.18. The Balaban J connectivity index is 1.65. The van der Waals surface area contributed by atoms with Gasteiger partial charge in [-0.05, 0) is 54.8 Å². The molecule has 0 aliphatic carbocycles. The number of rotatable bonds is 3. The van der Waals surface area contributed by atoms with Gasteiger partial charge in [-0.25, -0.2) is 4.39 Å². The number of allylic oxidation sites excluding steroid dienone is 1. The maximum absolute atomic E-state index is 13.5. The molecular formula is C24H20FN5S. The molecular weight excluding hydrogens is 409 g/mol. The fourth-order valence-corrected chi connectivity index (χ4v) is 5.04. The van der Waals surface area contributed by atoms with Crippen LogP contribution in [0, 0.1) is 17.1 Å². The SMILES string of the molecule is N#CC(=C1SC=C(c2ccc(F)cc2)N1c1ccccc1)c1nnc2n1CCCCC2. The number of thioether (sulfide) groups is 1. The Morgan fingerprint density at radius 1 is 1.00 bits per heavy atom. The lowest BCUT2D eigenvalue weighted by molar-refractivity contribution is 0.627. The standard InChI is InChI=1S/C24H20FN5S/c25-18-12-10-17(11-13-18)21-16-31-24(30(21)19-7-3-1-4-8-19)20(15-26)23-28-27-22-9-5-2-6-14-29(22)23/h1,3-4,7-8,10-13,16H,2,5-6,9,14H2. The largest absolute Gasteiger partial charge is 0.310 e. The number of halogens is 1. The molecule has 0 N–H and O–H groups in total. The fourth-order valence-electron chi connectivity index (χ4n) is 4.01. The molecule has 0 spiro atoms. The summed E-state index contributed by atoms with van der Waals surface area (Å²) in [4.78, 5) is 2.05. The molecule has 7 heteroatoms. The van der Waals surface area contributed by atoms with E-state index in [4.69, 9.17) is 0 Å². The van der Waals surface area contributed by atoms with E-state index < -0.39 is 0 Å². The molecule has 3 heterocycles. The van der Waals surface area contributed by atoms with Crippen LogP contribution in [0.15, 0.2) is 65.0 Å². The van der Waals surface area contributed by atoms with Crippen molar-refractivity contribution in [3.8, 4) is 6.07 Å². The van der Waals surface area contributed by atoms with Gasteiger partial charge in [0.1, 0.15) is 28.3 Å². The summed E-state index contributed by atoms with van der Waals surface area (Å²) < 4.78 is 15.6. The van der Waals surface area contributed by atoms with E-state index in [1.54, 1.807) is 12.1 Å². The highest BCUT2D eigenvalue weighted by Crippen LogP contribution is 2.46. The maximum atomic E-state index is 13.5. The Morgan fingerprint density at radius 3 is 2.58 bits per heavy atom. The summed E-state index contributed by atoms with van der Waals surface area (Å²) in [5.41, 5.74) is 3.21. The first-order valence-corrected chi connectivity index (χ1v) is 11.2. The number of para-hydroxylation sites is 1. The Morgan fingerprint density at radius 2 is 1.81 bits per heavy atom. The summed E-state index contributed by atoms with van der Waals surface area (Å²) in [6.45, 7) is 0.824. The van der Waals surface area contributed by atoms with Gasteiger partial charge in [0.15, 0.2) is 5.82 Å². The number of nitrogens with zero attached hydrogens (tertiary/aromatic N) is 5. The lowest BCUT2D eigenvalue weighted by atomic mass is 10.1. The molecule has 154 valence electrons. The van der Waals surface area contributed by atoms with Gasteiger partial charge in [0, 0.05) is 24.1 Å². The molecule has 0 saturated heterocycles. The van der Waals surface area contributed by atoms with Crippen LogP contribution in [0.5, 0.6) is 0 Å². The summed E-state index contributed by atoms with van der Waals surface area (Å²) in [6, 6.07) is 18.7. The third-order valence-electron chi connectivity index (χ3n) is 5.54. The number of nitriles is 1. The van der Waals surface area contributed by atoms with Gasteiger partial charge in [0.05, 0.1) is 5.70 Å². The predicted molar refractivity (Wildman–Crippen MR) is 121 cm³/mol. The number of fused-ring (bicyclic) bond motifs is 1. The highest BCUT2D eigenvalue weighted by Gasteiger charge is 2.30. The highest BCUT2D eigenvalue weighted by atomic mass is 32.2. The number of hydrogen-bond donors (Lipinski definition) is 0. The number of aromatic nitrogens is 3. The van der Waals surface area contributed by atoms with Crippen molar-refractivity contribution in [3.63, 3.8) is 0 Å². The van der Waals surface area contributed by atoms with Gasteiger partial charge >= 0.3 is 0 Å². The third kappa shape index (κ3) is 3.64. The first kappa shape index (κ1) is 19.6. The van der Waals surface area contributed by atoms with Crippen LogP contribution < -0.4 is 4.90 Å². The van der Waals surface area contributed by atoms with E-state index in [9.17, 15) is 9.65 Å². The molecule has 0 unspecified atom stereocenters. The van der Waals surface area contributed by atoms with Crippen molar-refractivity contribution < 1.29 is 4.39 Å². The summed E-state index contributed by atoms with van der Waals surface area (Å²) in [5.74, 6) is 1.29. The van der Waals surface area contributed by atoms with E-state index in [2.05, 4.69) is 25.7 Å². The van der Waals surface area contributed by atoms with E-state index in [1.165, 1.54) is 23.9 Å². The van der Waals surface area contributed by atoms with Gasteiger partial charge in [-0.3, -0.25) is 0 Å². The van der Waals surface area contributed by atoms with Gasteiger partial charge < -0.3 is 9.47 Å². The fraction of sp³-hybridized carbons (Fsp3) is 0.208. The smallest absolute Gasteiger partial charge is 0.177 e. The van der Waals surface area contributed by atoms with Crippen LogP contribution in [0.1, 0.15) is 36.5 Å². The molecule has 0 atom stereocenters. The number of aryl methyl sites for hydroxylation is 1. The van der Waals surface area contributed by atoms with Crippen LogP contribution in [0.4, 0.5) is 10.1 Å². The molecule has 31 heavy (non-hydrogen) atoms. The number of benzene rings is 2. The molecule has 2 aliphatic heterocycles. The van der Waals surface area contributed by atoms with Gasteiger partial charge in [-0.1, -0.05) is 36.4 Å². The van der Waals surface area contributed by atoms with Crippen LogP contribution in [0.3, 0.4) is 0 Å². The summed E-state index contributed by atoms with van der Waals surface area (Å²) in [6.07, 6.45) is 4.19. The average Bonchev–Trinajstić information content (AvgIpc) is 3.33. The zero-order valence-corrected chi connectivity index (χ0v) is 17.6. The van der Waals surface area contributed by atoms with Gasteiger partial charge in [-0.15, -0.1) is 10.2 Å². The Labute approximate surface area is 184 Å². The molecule has 5 rings (SSSR count). The molecule has 2 aliphatic rings. The Kier molecular flexibility index (Phi) is 5.31. The van der Waals surface area contributed by atoms with Crippen LogP contribution in [0.2, 0.25) is 0 Å². The van der Waals surface area contributed by atoms with Gasteiger partial charge in [-0.2, -0.15) is 5.26 Å². The third-order valence-corrected chi connectivity index (χ3v) is 6.49. The average molecular weight is 430 g/mol. The van der Waals surface area contributed by atoms with Crippen molar-refractivity contribution in [2.45, 2.75) is 32.2 Å². The minimum atomic E-state index is -0.277. The van der Waals surface area contributed by atoms with E-state index in [1.807, 2.05) is 35.7 Å². The molecule has 0 amide bonds. The van der Waals surface area contributed by atoms with Gasteiger partial charge in [0.25, 0.3) is 0 Å². The lowest BCUT2D eigenvalue weighted by Gasteiger charge is -2.24. The first-order valence-electron chi connectivity index (χ1n) is 10.3. The highest BCUT2D eigenvalue weighted by molar-refractivity contribution is 8.06. The van der Waals surface area contributed by atoms with Gasteiger partial charge in [0.2, 0.25) is 0 Å². The second-order valence-electron chi connectivity index (χ2n) is 7.49. The van der Waals surface area contributed by atoms with Crippen molar-refractivity contribution >= 4 is 28.7 Å². The van der Waals surface area contributed by atoms with Crippen molar-refractivity contribution in [1.82, 2.24) is 14.8 Å². The molecule has 0 bridgehead atoms. The molecule has 0 radical (unpaired) electrons. The summed E-state index contributed by atoms with van der Waals surface area (Å²) >= 11 is 1.49. The van der Waals surface area contributed by atoms with Crippen LogP contribution >= 0.6 is 11.8 Å². The minimum absolute atomic E-state index is 0.277. The van der Waals surface area contributed by atoms with Crippen LogP contribution in [0.25, 0.3) is 11.3 Å². The zero-order chi connectivity index (χ0) is 21.2. The van der Waals surface area contributed by atoms with E-state index >= 15 is 0 Å². The topological polar surface area (TPSA) is 57.7 Å². The molecule has 1 aromatic heterocycles. The second kappa shape index (κ2) is 8.40. The maximum Gasteiger partial charge on any atom is 0.177 e. The van der Waals surface area contributed by atoms with Crippen LogP contribution in [-0.2, 0) is 13.0 Å². The van der Waals surface area contributed by atoms with E-state index in [0.717, 1.165) is 60.0 Å². The molecule has 5 nitrogen and oxygen atoms in total. The minimum Gasteiger partial charge on any atom is -0.310 e. The Hall–Kier alpha value is -3.37. The van der Waals surface area contributed by atoms with Crippen LogP contribution in [-0.4, -0.2) is 14.8 Å². The van der Waals surface area contributed by atoms with E-state index in [-0.39, 0.29) is 5.82 Å². The molecule has 0 saturated carbocycles. The van der Waals surface area contributed by atoms with E-state index in [0.29, 0.717) is 11.4 Å².